The average Bonchev–Trinajstić information content (AvgIpc) is 3.29. The van der Waals surface area contributed by atoms with Crippen molar-refractivity contribution in [3.63, 3.8) is 0 Å². The molecule has 0 aliphatic carbocycles. The van der Waals surface area contributed by atoms with E-state index in [4.69, 9.17) is 11.6 Å². The van der Waals surface area contributed by atoms with Gasteiger partial charge in [0.15, 0.2) is 0 Å². The molecule has 0 saturated carbocycles. The number of hydrogen-bond acceptors (Lipinski definition) is 5. The summed E-state index contributed by atoms with van der Waals surface area (Å²) in [5.41, 5.74) is 4.95. The Morgan fingerprint density at radius 3 is 2.33 bits per heavy atom. The standard InChI is InChI=1S/C20H22ClN3O4S2/c21-17-5-1-2-6-18(17)29-14-11-19(25)22-23-20(26)15-7-9-16(10-8-15)30(27,28)24-12-3-4-13-24/h1-2,5-10H,3-4,11-14H2,(H,22,25)(H,23,26). The quantitative estimate of drug-likeness (QED) is 0.482. The summed E-state index contributed by atoms with van der Waals surface area (Å²) in [5.74, 6) is -0.350. The Hall–Kier alpha value is -2.07. The second kappa shape index (κ2) is 10.3. The summed E-state index contributed by atoms with van der Waals surface area (Å²) in [7, 11) is -3.52. The molecule has 3 rings (SSSR count). The minimum atomic E-state index is -3.52. The molecule has 10 heteroatoms. The minimum absolute atomic E-state index is 0.154. The van der Waals surface area contributed by atoms with E-state index in [2.05, 4.69) is 10.9 Å². The van der Waals surface area contributed by atoms with Crippen LogP contribution in [0.4, 0.5) is 0 Å². The third-order valence-electron chi connectivity index (χ3n) is 4.56. The van der Waals surface area contributed by atoms with Crippen molar-refractivity contribution >= 4 is 45.2 Å². The summed E-state index contributed by atoms with van der Waals surface area (Å²) in [6, 6.07) is 13.0. The molecule has 0 radical (unpaired) electrons. The smallest absolute Gasteiger partial charge is 0.269 e. The van der Waals surface area contributed by atoms with Crippen molar-refractivity contribution in [1.82, 2.24) is 15.2 Å². The Kier molecular flexibility index (Phi) is 7.76. The lowest BCUT2D eigenvalue weighted by molar-refractivity contribution is -0.121. The van der Waals surface area contributed by atoms with Gasteiger partial charge in [-0.1, -0.05) is 23.7 Å². The van der Waals surface area contributed by atoms with Crippen molar-refractivity contribution in [1.29, 1.82) is 0 Å². The molecule has 160 valence electrons. The van der Waals surface area contributed by atoms with Gasteiger partial charge in [0, 0.05) is 35.7 Å². The molecule has 2 aromatic carbocycles. The maximum Gasteiger partial charge on any atom is 0.269 e. The molecular weight excluding hydrogens is 446 g/mol. The molecule has 1 aliphatic rings. The molecule has 0 aromatic heterocycles. The molecule has 2 aromatic rings. The number of thioether (sulfide) groups is 1. The number of rotatable bonds is 7. The van der Waals surface area contributed by atoms with E-state index in [0.29, 0.717) is 23.9 Å². The topological polar surface area (TPSA) is 95.6 Å². The van der Waals surface area contributed by atoms with Gasteiger partial charge in [0.2, 0.25) is 15.9 Å². The van der Waals surface area contributed by atoms with Gasteiger partial charge < -0.3 is 0 Å². The highest BCUT2D eigenvalue weighted by atomic mass is 35.5. The second-order valence-electron chi connectivity index (χ2n) is 6.67. The van der Waals surface area contributed by atoms with E-state index in [9.17, 15) is 18.0 Å². The lowest BCUT2D eigenvalue weighted by atomic mass is 10.2. The lowest BCUT2D eigenvalue weighted by Gasteiger charge is -2.15. The summed E-state index contributed by atoms with van der Waals surface area (Å²) in [4.78, 5) is 25.2. The highest BCUT2D eigenvalue weighted by Gasteiger charge is 2.27. The average molecular weight is 468 g/mol. The Labute approximate surface area is 185 Å². The van der Waals surface area contributed by atoms with E-state index in [1.54, 1.807) is 6.07 Å². The predicted molar refractivity (Wildman–Crippen MR) is 117 cm³/mol. The van der Waals surface area contributed by atoms with E-state index in [-0.39, 0.29) is 22.8 Å². The predicted octanol–water partition coefficient (Wildman–Crippen LogP) is 3.07. The molecule has 0 unspecified atom stereocenters. The number of halogens is 1. The number of carbonyl (C=O) groups is 2. The molecule has 7 nitrogen and oxygen atoms in total. The fraction of sp³-hybridized carbons (Fsp3) is 0.300. The number of nitrogens with zero attached hydrogens (tertiary/aromatic N) is 1. The molecule has 0 spiro atoms. The number of hydrazine groups is 1. The van der Waals surface area contributed by atoms with Crippen LogP contribution in [0.2, 0.25) is 5.02 Å². The van der Waals surface area contributed by atoms with Crippen molar-refractivity contribution in [2.75, 3.05) is 18.8 Å². The van der Waals surface area contributed by atoms with E-state index < -0.39 is 15.9 Å². The van der Waals surface area contributed by atoms with Gasteiger partial charge in [-0.25, -0.2) is 8.42 Å². The zero-order valence-electron chi connectivity index (χ0n) is 16.1. The molecule has 1 heterocycles. The van der Waals surface area contributed by atoms with Crippen LogP contribution in [0.5, 0.6) is 0 Å². The third-order valence-corrected chi connectivity index (χ3v) is 7.99. The first kappa shape index (κ1) is 22.6. The number of sulfonamides is 1. The monoisotopic (exact) mass is 467 g/mol. The maximum absolute atomic E-state index is 12.5. The van der Waals surface area contributed by atoms with Crippen LogP contribution in [0, 0.1) is 0 Å². The summed E-state index contributed by atoms with van der Waals surface area (Å²) < 4.78 is 26.5. The first-order valence-electron chi connectivity index (χ1n) is 9.44. The van der Waals surface area contributed by atoms with Crippen LogP contribution < -0.4 is 10.9 Å². The number of nitrogens with one attached hydrogen (secondary N) is 2. The molecule has 0 atom stereocenters. The van der Waals surface area contributed by atoms with Crippen molar-refractivity contribution < 1.29 is 18.0 Å². The molecule has 0 bridgehead atoms. The van der Waals surface area contributed by atoms with Gasteiger partial charge in [-0.3, -0.25) is 20.4 Å². The van der Waals surface area contributed by atoms with Gasteiger partial charge in [0.05, 0.1) is 9.92 Å². The molecular formula is C20H22ClN3O4S2. The zero-order valence-corrected chi connectivity index (χ0v) is 18.5. The molecule has 1 saturated heterocycles. The van der Waals surface area contributed by atoms with Gasteiger partial charge in [-0.15, -0.1) is 11.8 Å². The SMILES string of the molecule is O=C(CCSc1ccccc1Cl)NNC(=O)c1ccc(S(=O)(=O)N2CCCC2)cc1. The molecule has 1 aliphatic heterocycles. The van der Waals surface area contributed by atoms with Gasteiger partial charge in [-0.2, -0.15) is 4.31 Å². The summed E-state index contributed by atoms with van der Waals surface area (Å²) in [6.45, 7) is 1.04. The van der Waals surface area contributed by atoms with Crippen LogP contribution in [-0.2, 0) is 14.8 Å². The third kappa shape index (κ3) is 5.75. The Balaban J connectivity index is 1.46. The largest absolute Gasteiger partial charge is 0.273 e. The Morgan fingerprint density at radius 1 is 1.00 bits per heavy atom. The fourth-order valence-corrected chi connectivity index (χ4v) is 5.64. The first-order valence-corrected chi connectivity index (χ1v) is 12.2. The number of benzene rings is 2. The van der Waals surface area contributed by atoms with Crippen LogP contribution in [0.1, 0.15) is 29.6 Å². The molecule has 2 N–H and O–H groups in total. The summed E-state index contributed by atoms with van der Waals surface area (Å²) in [6.07, 6.45) is 1.91. The lowest BCUT2D eigenvalue weighted by Crippen LogP contribution is -2.41. The fourth-order valence-electron chi connectivity index (χ4n) is 2.93. The van der Waals surface area contributed by atoms with E-state index in [1.807, 2.05) is 18.2 Å². The van der Waals surface area contributed by atoms with Crippen molar-refractivity contribution in [2.24, 2.45) is 0 Å². The van der Waals surface area contributed by atoms with Gasteiger partial charge in [-0.05, 0) is 49.2 Å². The maximum atomic E-state index is 12.5. The highest BCUT2D eigenvalue weighted by Crippen LogP contribution is 2.26. The van der Waals surface area contributed by atoms with Gasteiger partial charge in [0.25, 0.3) is 5.91 Å². The minimum Gasteiger partial charge on any atom is -0.273 e. The normalized spacial score (nSPS) is 14.4. The van der Waals surface area contributed by atoms with Crippen molar-refractivity contribution in [3.8, 4) is 0 Å². The van der Waals surface area contributed by atoms with Crippen LogP contribution in [0.3, 0.4) is 0 Å². The Bertz CT molecular complexity index is 1010. The molecule has 2 amide bonds. The molecule has 1 fully saturated rings. The van der Waals surface area contributed by atoms with E-state index in [0.717, 1.165) is 17.7 Å². The summed E-state index contributed by atoms with van der Waals surface area (Å²) >= 11 is 7.52. The van der Waals surface area contributed by atoms with Gasteiger partial charge in [0.1, 0.15) is 0 Å². The highest BCUT2D eigenvalue weighted by molar-refractivity contribution is 7.99. The van der Waals surface area contributed by atoms with Crippen LogP contribution in [-0.4, -0.2) is 43.4 Å². The first-order chi connectivity index (χ1) is 14.4. The van der Waals surface area contributed by atoms with Crippen molar-refractivity contribution in [2.45, 2.75) is 29.1 Å². The molecule has 30 heavy (non-hydrogen) atoms. The van der Waals surface area contributed by atoms with Crippen molar-refractivity contribution in [3.05, 3.63) is 59.1 Å². The second-order valence-corrected chi connectivity index (χ2v) is 10.1. The number of hydrogen-bond donors (Lipinski definition) is 2. The van der Waals surface area contributed by atoms with Crippen LogP contribution in [0.25, 0.3) is 0 Å². The number of carbonyl (C=O) groups excluding carboxylic acids is 2. The zero-order chi connectivity index (χ0) is 21.6. The Morgan fingerprint density at radius 2 is 1.67 bits per heavy atom. The van der Waals surface area contributed by atoms with E-state index in [1.165, 1.54) is 40.3 Å². The van der Waals surface area contributed by atoms with Gasteiger partial charge >= 0.3 is 0 Å². The van der Waals surface area contributed by atoms with Crippen LogP contribution >= 0.6 is 23.4 Å². The summed E-state index contributed by atoms with van der Waals surface area (Å²) in [5, 5.41) is 0.631. The van der Waals surface area contributed by atoms with Crippen LogP contribution in [0.15, 0.2) is 58.3 Å². The van der Waals surface area contributed by atoms with E-state index >= 15 is 0 Å². The number of amides is 2.